The molecule has 36 heavy (non-hydrogen) atoms. The van der Waals surface area contributed by atoms with Gasteiger partial charge in [0.2, 0.25) is 5.95 Å². The second-order valence-electron chi connectivity index (χ2n) is 7.25. The Kier molecular flexibility index (Phi) is 7.36. The summed E-state index contributed by atoms with van der Waals surface area (Å²) in [6.45, 7) is 0.297. The zero-order chi connectivity index (χ0) is 25.7. The Morgan fingerprint density at radius 1 is 1.17 bits per heavy atom. The largest absolute Gasteiger partial charge is 0.495 e. The van der Waals surface area contributed by atoms with E-state index in [0.717, 1.165) is 24.3 Å². The minimum absolute atomic E-state index is 0.0156. The highest BCUT2D eigenvalue weighted by Crippen LogP contribution is 2.30. The van der Waals surface area contributed by atoms with E-state index in [1.54, 1.807) is 12.1 Å². The van der Waals surface area contributed by atoms with E-state index in [4.69, 9.17) is 20.8 Å². The van der Waals surface area contributed by atoms with Crippen LogP contribution in [0.4, 0.5) is 21.7 Å². The number of rotatable bonds is 9. The number of furan rings is 1. The van der Waals surface area contributed by atoms with Gasteiger partial charge in [0, 0.05) is 5.69 Å². The van der Waals surface area contributed by atoms with Crippen molar-refractivity contribution in [1.82, 2.24) is 9.97 Å². The summed E-state index contributed by atoms with van der Waals surface area (Å²) in [5, 5.41) is 5.57. The molecule has 0 unspecified atom stereocenters. The van der Waals surface area contributed by atoms with E-state index in [-0.39, 0.29) is 38.7 Å². The van der Waals surface area contributed by atoms with Crippen molar-refractivity contribution < 1.29 is 26.8 Å². The second-order valence-corrected chi connectivity index (χ2v) is 9.34. The first kappa shape index (κ1) is 24.9. The molecule has 0 aliphatic heterocycles. The molecule has 0 aliphatic rings. The monoisotopic (exact) mass is 531 g/mol. The fraction of sp³-hybridized carbons (Fsp3) is 0.0870. The van der Waals surface area contributed by atoms with Gasteiger partial charge in [-0.2, -0.15) is 0 Å². The molecule has 3 N–H and O–H groups in total. The number of amides is 1. The summed E-state index contributed by atoms with van der Waals surface area (Å²) in [5.41, 5.74) is 0.185. The van der Waals surface area contributed by atoms with Gasteiger partial charge in [0.25, 0.3) is 15.9 Å². The zero-order valence-electron chi connectivity index (χ0n) is 18.7. The van der Waals surface area contributed by atoms with E-state index in [1.807, 2.05) is 0 Å². The third-order valence-electron chi connectivity index (χ3n) is 4.79. The number of sulfonamides is 1. The smallest absolute Gasteiger partial charge is 0.276 e. The predicted octanol–water partition coefficient (Wildman–Crippen LogP) is 4.54. The summed E-state index contributed by atoms with van der Waals surface area (Å²) in [6.07, 6.45) is 2.81. The molecule has 4 aromatic rings. The van der Waals surface area contributed by atoms with Gasteiger partial charge in [-0.1, -0.05) is 11.6 Å². The number of hydrogen-bond acceptors (Lipinski definition) is 8. The molecular weight excluding hydrogens is 513 g/mol. The first-order chi connectivity index (χ1) is 17.2. The molecule has 0 aliphatic carbocycles. The van der Waals surface area contributed by atoms with Crippen molar-refractivity contribution in [2.45, 2.75) is 11.4 Å². The van der Waals surface area contributed by atoms with Crippen LogP contribution in [0, 0.1) is 5.82 Å². The number of anilines is 3. The third kappa shape index (κ3) is 5.90. The molecule has 4 rings (SSSR count). The maximum absolute atomic E-state index is 13.2. The van der Waals surface area contributed by atoms with Crippen molar-refractivity contribution in [3.8, 4) is 5.75 Å². The van der Waals surface area contributed by atoms with Crippen molar-refractivity contribution >= 4 is 44.9 Å². The highest BCUT2D eigenvalue weighted by atomic mass is 35.5. The number of hydrogen-bond donors (Lipinski definition) is 3. The first-order valence-electron chi connectivity index (χ1n) is 10.3. The van der Waals surface area contributed by atoms with Gasteiger partial charge in [0.05, 0.1) is 41.7 Å². The van der Waals surface area contributed by atoms with Crippen LogP contribution < -0.4 is 20.1 Å². The average molecular weight is 532 g/mol. The topological polar surface area (TPSA) is 135 Å². The van der Waals surface area contributed by atoms with Crippen LogP contribution in [0.25, 0.3) is 0 Å². The van der Waals surface area contributed by atoms with E-state index in [9.17, 15) is 17.6 Å². The summed E-state index contributed by atoms with van der Waals surface area (Å²) in [6, 6.07) is 12.2. The Balaban J connectivity index is 1.53. The molecule has 0 bridgehead atoms. The minimum Gasteiger partial charge on any atom is -0.495 e. The van der Waals surface area contributed by atoms with E-state index in [0.29, 0.717) is 12.3 Å². The number of ether oxygens (including phenoxy) is 1. The molecule has 10 nitrogen and oxygen atoms in total. The van der Waals surface area contributed by atoms with Crippen molar-refractivity contribution in [3.05, 3.63) is 89.4 Å². The predicted molar refractivity (Wildman–Crippen MR) is 131 cm³/mol. The number of nitrogens with one attached hydrogen (secondary N) is 3. The Bertz CT molecular complexity index is 1480. The lowest BCUT2D eigenvalue weighted by Gasteiger charge is -2.14. The summed E-state index contributed by atoms with van der Waals surface area (Å²) >= 11 is 6.13. The standard InChI is InChI=1S/C23H19ClFN5O5S/c1-34-20-9-6-15(11-19(20)30-36(32,33)17-7-4-14(25)5-8-17)28-22(31)21-18(24)13-27-23(29-21)26-12-16-3-2-10-35-16/h2-11,13,30H,12H2,1H3,(H,28,31)(H,26,27,29). The fourth-order valence-electron chi connectivity index (χ4n) is 3.06. The summed E-state index contributed by atoms with van der Waals surface area (Å²) < 4.78 is 51.5. The Labute approximate surface area is 210 Å². The van der Waals surface area contributed by atoms with Crippen LogP contribution in [0.1, 0.15) is 16.2 Å². The van der Waals surface area contributed by atoms with Gasteiger partial charge < -0.3 is 19.8 Å². The van der Waals surface area contributed by atoms with E-state index < -0.39 is 21.7 Å². The van der Waals surface area contributed by atoms with Crippen LogP contribution in [0.2, 0.25) is 5.02 Å². The molecule has 0 spiro atoms. The van der Waals surface area contributed by atoms with Crippen molar-refractivity contribution in [3.63, 3.8) is 0 Å². The van der Waals surface area contributed by atoms with Crippen LogP contribution in [0.15, 0.2) is 76.4 Å². The van der Waals surface area contributed by atoms with Crippen LogP contribution in [-0.4, -0.2) is 31.4 Å². The lowest BCUT2D eigenvalue weighted by atomic mass is 10.2. The number of carbonyl (C=O) groups is 1. The van der Waals surface area contributed by atoms with Crippen LogP contribution >= 0.6 is 11.6 Å². The van der Waals surface area contributed by atoms with Gasteiger partial charge in [-0.15, -0.1) is 0 Å². The number of aromatic nitrogens is 2. The molecule has 0 saturated heterocycles. The van der Waals surface area contributed by atoms with E-state index in [2.05, 4.69) is 25.3 Å². The lowest BCUT2D eigenvalue weighted by molar-refractivity contribution is 0.102. The Morgan fingerprint density at radius 3 is 2.64 bits per heavy atom. The van der Waals surface area contributed by atoms with Gasteiger partial charge in [0.15, 0.2) is 5.69 Å². The van der Waals surface area contributed by atoms with Gasteiger partial charge in [-0.3, -0.25) is 9.52 Å². The number of carbonyl (C=O) groups excluding carboxylic acids is 1. The highest BCUT2D eigenvalue weighted by molar-refractivity contribution is 7.92. The van der Waals surface area contributed by atoms with Crippen LogP contribution in [0.3, 0.4) is 0 Å². The van der Waals surface area contributed by atoms with Gasteiger partial charge in [-0.25, -0.2) is 22.8 Å². The third-order valence-corrected chi connectivity index (χ3v) is 6.44. The van der Waals surface area contributed by atoms with Gasteiger partial charge in [0.1, 0.15) is 17.3 Å². The second kappa shape index (κ2) is 10.6. The quantitative estimate of drug-likeness (QED) is 0.286. The summed E-state index contributed by atoms with van der Waals surface area (Å²) in [7, 11) is -2.70. The summed E-state index contributed by atoms with van der Waals surface area (Å²) in [5.74, 6) is -0.222. The van der Waals surface area contributed by atoms with E-state index >= 15 is 0 Å². The van der Waals surface area contributed by atoms with Gasteiger partial charge >= 0.3 is 0 Å². The fourth-order valence-corrected chi connectivity index (χ4v) is 4.30. The van der Waals surface area contributed by atoms with Gasteiger partial charge in [-0.05, 0) is 54.6 Å². The lowest BCUT2D eigenvalue weighted by Crippen LogP contribution is -2.17. The van der Waals surface area contributed by atoms with Crippen molar-refractivity contribution in [2.24, 2.45) is 0 Å². The Hall–Kier alpha value is -4.16. The molecule has 186 valence electrons. The number of benzene rings is 2. The van der Waals surface area contributed by atoms with Crippen LogP contribution in [-0.2, 0) is 16.6 Å². The molecule has 2 heterocycles. The summed E-state index contributed by atoms with van der Waals surface area (Å²) in [4.78, 5) is 20.9. The number of nitrogens with zero attached hydrogens (tertiary/aromatic N) is 2. The Morgan fingerprint density at radius 2 is 1.94 bits per heavy atom. The maximum Gasteiger partial charge on any atom is 0.276 e. The molecule has 0 fully saturated rings. The number of methoxy groups -OCH3 is 1. The normalized spacial score (nSPS) is 11.1. The molecule has 1 amide bonds. The van der Waals surface area contributed by atoms with Crippen molar-refractivity contribution in [1.29, 1.82) is 0 Å². The molecule has 13 heteroatoms. The molecular formula is C23H19ClFN5O5S. The van der Waals surface area contributed by atoms with Crippen molar-refractivity contribution in [2.75, 3.05) is 22.5 Å². The molecule has 0 radical (unpaired) electrons. The maximum atomic E-state index is 13.2. The SMILES string of the molecule is COc1ccc(NC(=O)c2nc(NCc3ccco3)ncc2Cl)cc1NS(=O)(=O)c1ccc(F)cc1. The highest BCUT2D eigenvalue weighted by Gasteiger charge is 2.19. The first-order valence-corrected chi connectivity index (χ1v) is 12.2. The minimum atomic E-state index is -4.06. The molecule has 0 atom stereocenters. The molecule has 2 aromatic heterocycles. The number of halogens is 2. The average Bonchev–Trinajstić information content (AvgIpc) is 3.37. The molecule has 2 aromatic carbocycles. The van der Waals surface area contributed by atoms with E-state index in [1.165, 1.54) is 37.8 Å². The molecule has 0 saturated carbocycles. The zero-order valence-corrected chi connectivity index (χ0v) is 20.2. The van der Waals surface area contributed by atoms with Crippen LogP contribution in [0.5, 0.6) is 5.75 Å².